The SMILES string of the molecule is CC[C@H]1OC(=O)[C@H](C)[C@@H](C2C[C@@](C)(OC)[C@@H](O)[C@H](C)O2)[C@H](C)[C@@H](O[C@@H]2O[C@H](C)C[C@H](N(C)C)[C@H]2O)[C@](C)(O)C[C@@H](C)CN(C(=O)CCCCCCC[PH](c2ccccc2)(c2ccccc2)c2ccccc2)[C@H](C)[C@@H](O)[C@]1(C)O. The van der Waals surface area contributed by atoms with Crippen LogP contribution in [-0.4, -0.2) is 165 Å². The Balaban J connectivity index is 1.27. The van der Waals surface area contributed by atoms with Crippen molar-refractivity contribution in [1.82, 2.24) is 9.80 Å². The number of ether oxygens (including phenoxy) is 5. The number of amides is 1. The number of aliphatic hydroxyl groups is 5. The molecule has 6 rings (SSSR count). The number of methoxy groups -OCH3 is 1. The Morgan fingerprint density at radius 2 is 1.31 bits per heavy atom. The molecule has 78 heavy (non-hydrogen) atoms. The van der Waals surface area contributed by atoms with Crippen molar-refractivity contribution >= 4 is 35.1 Å². The van der Waals surface area contributed by atoms with Crippen molar-refractivity contribution in [1.29, 1.82) is 0 Å². The molecule has 438 valence electrons. The van der Waals surface area contributed by atoms with Crippen molar-refractivity contribution < 1.29 is 58.8 Å². The average Bonchev–Trinajstić information content (AvgIpc) is 3.42. The van der Waals surface area contributed by atoms with Gasteiger partial charge in [-0.05, 0) is 67.5 Å². The summed E-state index contributed by atoms with van der Waals surface area (Å²) in [5, 5.41) is 65.2. The van der Waals surface area contributed by atoms with E-state index in [-0.39, 0.29) is 50.3 Å². The van der Waals surface area contributed by atoms with Gasteiger partial charge in [0.05, 0.1) is 41.5 Å². The van der Waals surface area contributed by atoms with Gasteiger partial charge in [0.15, 0.2) is 6.29 Å². The Bertz CT molecular complexity index is 2210. The third-order valence-electron chi connectivity index (χ3n) is 18.3. The number of hydrogen-bond acceptors (Lipinski definition) is 13. The van der Waals surface area contributed by atoms with Crippen LogP contribution >= 0.6 is 7.26 Å². The molecule has 14 nitrogen and oxygen atoms in total. The van der Waals surface area contributed by atoms with Gasteiger partial charge in [0.2, 0.25) is 0 Å². The van der Waals surface area contributed by atoms with Crippen LogP contribution in [0.3, 0.4) is 0 Å². The summed E-state index contributed by atoms with van der Waals surface area (Å²) in [7, 11) is 2.94. The molecular formula is C63H99N2O12P. The van der Waals surface area contributed by atoms with Crippen LogP contribution < -0.4 is 15.9 Å². The average molecular weight is 1110 g/mol. The predicted molar refractivity (Wildman–Crippen MR) is 311 cm³/mol. The van der Waals surface area contributed by atoms with E-state index in [0.717, 1.165) is 31.8 Å². The van der Waals surface area contributed by atoms with Crippen LogP contribution in [0.25, 0.3) is 0 Å². The number of hydrogen-bond donors (Lipinski definition) is 5. The molecule has 0 bridgehead atoms. The summed E-state index contributed by atoms with van der Waals surface area (Å²) >= 11 is 0. The summed E-state index contributed by atoms with van der Waals surface area (Å²) in [5.74, 6) is -3.68. The summed E-state index contributed by atoms with van der Waals surface area (Å²) in [4.78, 5) is 33.2. The molecule has 18 atom stereocenters. The molecule has 1 amide bonds. The van der Waals surface area contributed by atoms with Gasteiger partial charge in [-0.15, -0.1) is 0 Å². The zero-order chi connectivity index (χ0) is 57.3. The van der Waals surface area contributed by atoms with E-state index >= 15 is 0 Å². The number of cyclic esters (lactones) is 1. The Morgan fingerprint density at radius 1 is 0.769 bits per heavy atom. The molecule has 3 aromatic carbocycles. The Kier molecular flexibility index (Phi) is 22.6. The van der Waals surface area contributed by atoms with Gasteiger partial charge in [-0.1, -0.05) is 20.8 Å². The second-order valence-electron chi connectivity index (χ2n) is 24.6. The number of likely N-dealkylation sites (N-methyl/N-ethyl adjacent to an activating group) is 1. The monoisotopic (exact) mass is 1110 g/mol. The number of carbonyl (C=O) groups excluding carboxylic acids is 2. The van der Waals surface area contributed by atoms with Crippen LogP contribution in [0.4, 0.5) is 0 Å². The number of aliphatic hydroxyl groups excluding tert-OH is 3. The van der Waals surface area contributed by atoms with Crippen molar-refractivity contribution in [3.05, 3.63) is 91.0 Å². The van der Waals surface area contributed by atoms with E-state index in [4.69, 9.17) is 23.7 Å². The fourth-order valence-corrected chi connectivity index (χ4v) is 18.8. The summed E-state index contributed by atoms with van der Waals surface area (Å²) in [6.07, 6.45) is -2.16. The number of esters is 1. The zero-order valence-corrected chi connectivity index (χ0v) is 50.3. The van der Waals surface area contributed by atoms with Crippen molar-refractivity contribution in [2.75, 3.05) is 33.9 Å². The number of carbonyl (C=O) groups is 2. The summed E-state index contributed by atoms with van der Waals surface area (Å²) in [5.41, 5.74) is -4.75. The Morgan fingerprint density at radius 3 is 1.83 bits per heavy atom. The molecule has 3 aromatic rings. The summed E-state index contributed by atoms with van der Waals surface area (Å²) < 4.78 is 32.2. The number of rotatable bonds is 17. The van der Waals surface area contributed by atoms with Gasteiger partial charge in [0, 0.05) is 25.5 Å². The van der Waals surface area contributed by atoms with E-state index in [0.29, 0.717) is 12.8 Å². The van der Waals surface area contributed by atoms with E-state index in [1.807, 2.05) is 46.7 Å². The molecule has 0 spiro atoms. The van der Waals surface area contributed by atoms with Crippen LogP contribution in [0.5, 0.6) is 0 Å². The van der Waals surface area contributed by atoms with Crippen molar-refractivity contribution in [2.24, 2.45) is 23.7 Å². The molecule has 5 N–H and O–H groups in total. The molecule has 0 aromatic heterocycles. The first kappa shape index (κ1) is 63.8. The molecule has 0 aliphatic carbocycles. The quantitative estimate of drug-likeness (QED) is 0.0522. The van der Waals surface area contributed by atoms with E-state index in [1.165, 1.54) is 29.9 Å². The van der Waals surface area contributed by atoms with Gasteiger partial charge in [-0.3, -0.25) is 4.79 Å². The zero-order valence-electron chi connectivity index (χ0n) is 49.3. The standard InChI is InChI=1S/C63H99N2O12P/c1-14-52-63(10,72)56(68)45(6)65(53(66)35-27-16-15-17-28-36-78(47-29-21-18-22-30-47,48-31-23-19-24-32-48)49-33-25-20-26-34-49)40-41(2)38-61(8,71)58(77-60-55(67)50(64(11)12)37-42(3)74-60)43(4)54(44(5)59(70)76-52)51-39-62(9,73-13)57(69)46(7)75-51/h18-26,29-34,41-46,50-52,54-58,60,67-69,71-72,78H,14-17,27-28,35-40H2,1-13H3/t41-,42-,43+,44-,45-,46+,50+,51?,52-,54+,55-,56-,57+,58-,60+,61-,62-,63-/m1/s1. The molecule has 3 aliphatic rings. The molecular weight excluding hydrogens is 1010 g/mol. The number of unbranched alkanes of at least 4 members (excludes halogenated alkanes) is 4. The normalized spacial score (nSPS) is 37.0. The Labute approximate surface area is 467 Å². The second kappa shape index (κ2) is 27.6. The van der Waals surface area contributed by atoms with E-state index < -0.39 is 109 Å². The van der Waals surface area contributed by atoms with E-state index in [1.54, 1.807) is 39.5 Å². The van der Waals surface area contributed by atoms with Crippen molar-refractivity contribution in [3.63, 3.8) is 0 Å². The molecule has 15 heteroatoms. The number of nitrogens with zero attached hydrogens (tertiary/aromatic N) is 2. The minimum atomic E-state index is -2.37. The minimum absolute atomic E-state index is 0.0970. The van der Waals surface area contributed by atoms with Crippen LogP contribution in [0.1, 0.15) is 133 Å². The van der Waals surface area contributed by atoms with Crippen LogP contribution in [0, 0.1) is 23.7 Å². The van der Waals surface area contributed by atoms with E-state index in [2.05, 4.69) is 91.0 Å². The fourth-order valence-electron chi connectivity index (χ4n) is 13.8. The van der Waals surface area contributed by atoms with Gasteiger partial charge in [0.25, 0.3) is 0 Å². The number of benzene rings is 3. The van der Waals surface area contributed by atoms with Crippen molar-refractivity contribution in [2.45, 2.75) is 217 Å². The van der Waals surface area contributed by atoms with Gasteiger partial charge >= 0.3 is 236 Å². The molecule has 0 radical (unpaired) electrons. The third-order valence-corrected chi connectivity index (χ3v) is 23.4. The smallest absolute Gasteiger partial charge is 0.383 e. The third kappa shape index (κ3) is 14.4. The van der Waals surface area contributed by atoms with Gasteiger partial charge in [-0.25, -0.2) is 0 Å². The summed E-state index contributed by atoms with van der Waals surface area (Å²) in [6, 6.07) is 31.6. The van der Waals surface area contributed by atoms with Crippen molar-refractivity contribution in [3.8, 4) is 0 Å². The first-order valence-electron chi connectivity index (χ1n) is 29.2. The second-order valence-corrected chi connectivity index (χ2v) is 28.7. The maximum absolute atomic E-state index is 14.8. The predicted octanol–water partition coefficient (Wildman–Crippen LogP) is 7.14. The fraction of sp³-hybridized carbons (Fsp3) is 0.683. The first-order valence-corrected chi connectivity index (χ1v) is 31.4. The van der Waals surface area contributed by atoms with Crippen LogP contribution in [0.15, 0.2) is 91.0 Å². The molecule has 1 unspecified atom stereocenters. The van der Waals surface area contributed by atoms with E-state index in [9.17, 15) is 35.1 Å². The molecule has 3 fully saturated rings. The summed E-state index contributed by atoms with van der Waals surface area (Å²) in [6.45, 7) is 17.8. The van der Waals surface area contributed by atoms with Gasteiger partial charge < -0.3 is 49.0 Å². The van der Waals surface area contributed by atoms with Crippen LogP contribution in [-0.2, 0) is 33.3 Å². The molecule has 3 heterocycles. The topological polar surface area (TPSA) is 188 Å². The maximum atomic E-state index is 14.8. The van der Waals surface area contributed by atoms with Gasteiger partial charge in [0.1, 0.15) is 18.3 Å². The molecule has 3 aliphatic heterocycles. The Hall–Kier alpha value is -3.37. The molecule has 0 saturated carbocycles. The molecule has 3 saturated heterocycles. The van der Waals surface area contributed by atoms with Gasteiger partial charge in [-0.2, -0.15) is 0 Å². The minimum Gasteiger partial charge on any atom is -0.383 e. The first-order chi connectivity index (χ1) is 36.8. The van der Waals surface area contributed by atoms with Crippen LogP contribution in [0.2, 0.25) is 0 Å².